The quantitative estimate of drug-likeness (QED) is 0.412. The number of fused-ring (bicyclic) bond motifs is 2. The monoisotopic (exact) mass is 502 g/mol. The molecule has 0 spiro atoms. The van der Waals surface area contributed by atoms with E-state index in [1.807, 2.05) is 24.3 Å². The number of halogens is 3. The van der Waals surface area contributed by atoms with Crippen molar-refractivity contribution in [2.45, 2.75) is 37.6 Å². The summed E-state index contributed by atoms with van der Waals surface area (Å²) in [5, 5.41) is 15.4. The molecule has 3 aromatic heterocycles. The van der Waals surface area contributed by atoms with Gasteiger partial charge in [0.05, 0.1) is 45.0 Å². The maximum atomic E-state index is 14.7. The predicted octanol–water partition coefficient (Wildman–Crippen LogP) is 2.64. The summed E-state index contributed by atoms with van der Waals surface area (Å²) < 4.78 is 56.8. The van der Waals surface area contributed by atoms with Crippen LogP contribution in [0.2, 0.25) is 0 Å². The summed E-state index contributed by atoms with van der Waals surface area (Å²) in [6, 6.07) is 6.28. The van der Waals surface area contributed by atoms with Crippen molar-refractivity contribution in [2.75, 3.05) is 38.7 Å². The minimum absolute atomic E-state index is 0.0181. The molecule has 13 heteroatoms. The van der Waals surface area contributed by atoms with E-state index in [0.717, 1.165) is 11.1 Å². The third kappa shape index (κ3) is 3.91. The second-order valence-electron chi connectivity index (χ2n) is 9.30. The first-order valence-corrected chi connectivity index (χ1v) is 11.7. The number of nitrogens with zero attached hydrogens (tertiary/aromatic N) is 7. The highest BCUT2D eigenvalue weighted by Crippen LogP contribution is 2.35. The molecule has 1 N–H and O–H groups in total. The lowest BCUT2D eigenvalue weighted by Gasteiger charge is -2.34. The van der Waals surface area contributed by atoms with Crippen LogP contribution in [0.4, 0.5) is 19.1 Å². The zero-order valence-electron chi connectivity index (χ0n) is 19.7. The first kappa shape index (κ1) is 23.0. The van der Waals surface area contributed by atoms with Gasteiger partial charge in [-0.1, -0.05) is 11.3 Å². The minimum Gasteiger partial charge on any atom is -0.479 e. The fraction of sp³-hybridized carbons (Fsp3) is 0.478. The number of hydrogen-bond acceptors (Lipinski definition) is 8. The smallest absolute Gasteiger partial charge is 0.281 e. The Labute approximate surface area is 204 Å². The van der Waals surface area contributed by atoms with E-state index in [2.05, 4.69) is 25.7 Å². The predicted molar refractivity (Wildman–Crippen MR) is 125 cm³/mol. The van der Waals surface area contributed by atoms with Crippen molar-refractivity contribution in [3.05, 3.63) is 30.5 Å². The van der Waals surface area contributed by atoms with Crippen LogP contribution < -0.4 is 10.1 Å². The normalized spacial score (nSPS) is 21.2. The molecule has 0 saturated carbocycles. The molecule has 0 amide bonds. The van der Waals surface area contributed by atoms with Gasteiger partial charge in [0.2, 0.25) is 11.8 Å². The molecule has 0 aliphatic carbocycles. The maximum absolute atomic E-state index is 14.7. The molecule has 1 aromatic carbocycles. The Kier molecular flexibility index (Phi) is 5.48. The van der Waals surface area contributed by atoms with E-state index in [9.17, 15) is 13.2 Å². The summed E-state index contributed by atoms with van der Waals surface area (Å²) >= 11 is 0. The standard InChI is InChI=1S/C23H25F3N8O2/c1-13(24)8-34-18-7-14(3-4-17(18)29-31-34)16-5-6-33-20(16)21(35-2)28-22(30-33)27-19-9-32(12-23(19,25)26)15-10-36-11-15/h3-7,13,15,19H,8-12H2,1-2H3,(H,27,30)/t13-,19+/m0/s1. The first-order chi connectivity index (χ1) is 17.3. The Morgan fingerprint density at radius 1 is 1.28 bits per heavy atom. The molecule has 190 valence electrons. The lowest BCUT2D eigenvalue weighted by Crippen LogP contribution is -2.48. The third-order valence-electron chi connectivity index (χ3n) is 6.70. The van der Waals surface area contributed by atoms with E-state index in [0.29, 0.717) is 29.8 Å². The Morgan fingerprint density at radius 2 is 2.11 bits per heavy atom. The van der Waals surface area contributed by atoms with Crippen LogP contribution in [-0.4, -0.2) is 92.1 Å². The molecule has 0 radical (unpaired) electrons. The van der Waals surface area contributed by atoms with Gasteiger partial charge in [0.15, 0.2) is 0 Å². The molecule has 2 saturated heterocycles. The van der Waals surface area contributed by atoms with Crippen LogP contribution in [0.15, 0.2) is 30.5 Å². The highest BCUT2D eigenvalue weighted by molar-refractivity contribution is 5.89. The summed E-state index contributed by atoms with van der Waals surface area (Å²) in [5.41, 5.74) is 3.50. The fourth-order valence-corrected chi connectivity index (χ4v) is 4.77. The van der Waals surface area contributed by atoms with Gasteiger partial charge in [0.1, 0.15) is 23.2 Å². The molecule has 2 aliphatic rings. The van der Waals surface area contributed by atoms with Crippen LogP contribution in [0.25, 0.3) is 27.7 Å². The number of anilines is 1. The molecule has 2 atom stereocenters. The average Bonchev–Trinajstić information content (AvgIpc) is 3.47. The lowest BCUT2D eigenvalue weighted by atomic mass is 10.1. The summed E-state index contributed by atoms with van der Waals surface area (Å²) in [4.78, 5) is 6.14. The van der Waals surface area contributed by atoms with E-state index in [4.69, 9.17) is 9.47 Å². The first-order valence-electron chi connectivity index (χ1n) is 11.7. The zero-order valence-corrected chi connectivity index (χ0v) is 19.7. The number of benzene rings is 1. The van der Waals surface area contributed by atoms with Gasteiger partial charge in [0.25, 0.3) is 5.92 Å². The van der Waals surface area contributed by atoms with E-state index in [1.54, 1.807) is 15.6 Å². The van der Waals surface area contributed by atoms with Crippen LogP contribution in [0, 0.1) is 0 Å². The average molecular weight is 503 g/mol. The lowest BCUT2D eigenvalue weighted by molar-refractivity contribution is -0.0711. The highest BCUT2D eigenvalue weighted by Gasteiger charge is 2.51. The number of rotatable bonds is 7. The Balaban J connectivity index is 1.33. The number of methoxy groups -OCH3 is 1. The van der Waals surface area contributed by atoms with Crippen molar-refractivity contribution < 1.29 is 22.6 Å². The van der Waals surface area contributed by atoms with E-state index in [1.165, 1.54) is 18.7 Å². The van der Waals surface area contributed by atoms with Crippen LogP contribution in [0.3, 0.4) is 0 Å². The molecule has 0 bridgehead atoms. The summed E-state index contributed by atoms with van der Waals surface area (Å²) in [6.07, 6.45) is 0.642. The van der Waals surface area contributed by atoms with Gasteiger partial charge >= 0.3 is 0 Å². The van der Waals surface area contributed by atoms with Crippen LogP contribution >= 0.6 is 0 Å². The van der Waals surface area contributed by atoms with Gasteiger partial charge in [-0.25, -0.2) is 22.4 Å². The molecule has 6 rings (SSSR count). The van der Waals surface area contributed by atoms with Crippen LogP contribution in [-0.2, 0) is 11.3 Å². The number of alkyl halides is 3. The SMILES string of the molecule is COc1nc(N[C@@H]2CN(C3COC3)CC2(F)F)nn2ccc(-c3ccc4nnn(C[C@H](C)F)c4c3)c12. The fourth-order valence-electron chi connectivity index (χ4n) is 4.77. The van der Waals surface area contributed by atoms with Crippen molar-refractivity contribution >= 4 is 22.5 Å². The molecule has 36 heavy (non-hydrogen) atoms. The van der Waals surface area contributed by atoms with Gasteiger partial charge in [-0.3, -0.25) is 4.90 Å². The number of hydrogen-bond donors (Lipinski definition) is 1. The third-order valence-corrected chi connectivity index (χ3v) is 6.70. The highest BCUT2D eigenvalue weighted by atomic mass is 19.3. The van der Waals surface area contributed by atoms with E-state index >= 15 is 0 Å². The summed E-state index contributed by atoms with van der Waals surface area (Å²) in [6.45, 7) is 2.34. The van der Waals surface area contributed by atoms with E-state index < -0.39 is 18.1 Å². The second-order valence-corrected chi connectivity index (χ2v) is 9.30. The number of ether oxygens (including phenoxy) is 2. The van der Waals surface area contributed by atoms with Crippen LogP contribution in [0.5, 0.6) is 5.88 Å². The zero-order chi connectivity index (χ0) is 25.0. The summed E-state index contributed by atoms with van der Waals surface area (Å²) in [5.74, 6) is -2.65. The molecule has 2 aliphatic heterocycles. The van der Waals surface area contributed by atoms with Crippen molar-refractivity contribution in [2.24, 2.45) is 0 Å². The Bertz CT molecular complexity index is 1420. The Hall–Kier alpha value is -3.45. The van der Waals surface area contributed by atoms with Gasteiger partial charge in [-0.2, -0.15) is 4.98 Å². The van der Waals surface area contributed by atoms with Gasteiger partial charge in [-0.05, 0) is 30.7 Å². The van der Waals surface area contributed by atoms with Crippen molar-refractivity contribution in [1.29, 1.82) is 0 Å². The van der Waals surface area contributed by atoms with E-state index in [-0.39, 0.29) is 37.5 Å². The molecule has 10 nitrogen and oxygen atoms in total. The topological polar surface area (TPSA) is 94.6 Å². The number of nitrogens with one attached hydrogen (secondary N) is 1. The van der Waals surface area contributed by atoms with Crippen molar-refractivity contribution in [3.63, 3.8) is 0 Å². The molecule has 5 heterocycles. The molecule has 0 unspecified atom stereocenters. The van der Waals surface area contributed by atoms with Crippen molar-refractivity contribution in [1.82, 2.24) is 34.5 Å². The Morgan fingerprint density at radius 3 is 2.83 bits per heavy atom. The van der Waals surface area contributed by atoms with Gasteiger partial charge < -0.3 is 14.8 Å². The molecular weight excluding hydrogens is 477 g/mol. The number of aromatic nitrogens is 6. The maximum Gasteiger partial charge on any atom is 0.281 e. The second kappa shape index (κ2) is 8.59. The largest absolute Gasteiger partial charge is 0.479 e. The van der Waals surface area contributed by atoms with Gasteiger partial charge in [0, 0.05) is 18.3 Å². The minimum atomic E-state index is -2.94. The van der Waals surface area contributed by atoms with Gasteiger partial charge in [-0.15, -0.1) is 10.2 Å². The molecule has 2 fully saturated rings. The van der Waals surface area contributed by atoms with Crippen LogP contribution in [0.1, 0.15) is 6.92 Å². The van der Waals surface area contributed by atoms with Crippen molar-refractivity contribution in [3.8, 4) is 17.0 Å². The summed E-state index contributed by atoms with van der Waals surface area (Å²) in [7, 11) is 1.47. The molecular formula is C23H25F3N8O2. The molecule has 4 aromatic rings. The number of likely N-dealkylation sites (tertiary alicyclic amines) is 1.